The second-order valence-corrected chi connectivity index (χ2v) is 3.69. The van der Waals surface area contributed by atoms with E-state index in [1.165, 1.54) is 0 Å². The average molecular weight is 200 g/mol. The van der Waals surface area contributed by atoms with Gasteiger partial charge in [-0.15, -0.1) is 6.58 Å². The van der Waals surface area contributed by atoms with Crippen molar-refractivity contribution in [1.82, 2.24) is 0 Å². The fraction of sp³-hybridized carbons (Fsp3) is 0.727. The summed E-state index contributed by atoms with van der Waals surface area (Å²) in [7, 11) is 0. The van der Waals surface area contributed by atoms with Gasteiger partial charge >= 0.3 is 5.97 Å². The van der Waals surface area contributed by atoms with Crippen LogP contribution in [0.1, 0.15) is 40.0 Å². The zero-order valence-corrected chi connectivity index (χ0v) is 9.30. The number of hydrogen-bond donors (Lipinski definition) is 1. The van der Waals surface area contributed by atoms with Crippen LogP contribution in [0.4, 0.5) is 0 Å². The minimum absolute atomic E-state index is 0.0458. The van der Waals surface area contributed by atoms with Gasteiger partial charge in [0, 0.05) is 0 Å². The first kappa shape index (κ1) is 13.2. The third-order valence-corrected chi connectivity index (χ3v) is 2.07. The van der Waals surface area contributed by atoms with Crippen LogP contribution in [0.2, 0.25) is 0 Å². The van der Waals surface area contributed by atoms with Crippen molar-refractivity contribution in [2.45, 2.75) is 45.6 Å². The first-order valence-electron chi connectivity index (χ1n) is 4.96. The minimum Gasteiger partial charge on any atom is -0.466 e. The van der Waals surface area contributed by atoms with E-state index in [-0.39, 0.29) is 12.4 Å². The topological polar surface area (TPSA) is 46.5 Å². The molecule has 1 N–H and O–H groups in total. The number of aliphatic hydroxyl groups is 1. The van der Waals surface area contributed by atoms with Gasteiger partial charge in [-0.25, -0.2) is 0 Å². The fourth-order valence-corrected chi connectivity index (χ4v) is 1.35. The molecule has 0 spiro atoms. The lowest BCUT2D eigenvalue weighted by atomic mass is 9.90. The van der Waals surface area contributed by atoms with Crippen molar-refractivity contribution in [3.8, 4) is 0 Å². The summed E-state index contributed by atoms with van der Waals surface area (Å²) in [5.74, 6) is -0.349. The van der Waals surface area contributed by atoms with E-state index in [0.29, 0.717) is 19.4 Å². The predicted octanol–water partition coefficient (Wildman–Crippen LogP) is 2.05. The molecule has 0 aliphatic carbocycles. The maximum Gasteiger partial charge on any atom is 0.308 e. The molecule has 0 amide bonds. The van der Waals surface area contributed by atoms with Crippen LogP contribution in [0, 0.1) is 0 Å². The van der Waals surface area contributed by atoms with E-state index in [2.05, 4.69) is 6.58 Å². The maximum atomic E-state index is 11.2. The highest BCUT2D eigenvalue weighted by Crippen LogP contribution is 2.23. The Morgan fingerprint density at radius 3 is 2.36 bits per heavy atom. The molecule has 1 atom stereocenters. The number of rotatable bonds is 6. The van der Waals surface area contributed by atoms with E-state index >= 15 is 0 Å². The van der Waals surface area contributed by atoms with Crippen LogP contribution in [0.15, 0.2) is 12.2 Å². The van der Waals surface area contributed by atoms with Crippen molar-refractivity contribution in [2.75, 3.05) is 6.61 Å². The number of carbonyl (C=O) groups excluding carboxylic acids is 1. The van der Waals surface area contributed by atoms with Gasteiger partial charge in [0.05, 0.1) is 18.6 Å². The molecule has 0 aliphatic heterocycles. The Morgan fingerprint density at radius 2 is 2.00 bits per heavy atom. The normalized spacial score (nSPS) is 14.6. The number of ether oxygens (including phenoxy) is 1. The van der Waals surface area contributed by atoms with E-state index < -0.39 is 5.60 Å². The molecule has 3 heteroatoms. The van der Waals surface area contributed by atoms with Crippen molar-refractivity contribution in [3.63, 3.8) is 0 Å². The third kappa shape index (κ3) is 5.02. The van der Waals surface area contributed by atoms with Gasteiger partial charge in [-0.05, 0) is 26.7 Å². The monoisotopic (exact) mass is 200 g/mol. The first-order chi connectivity index (χ1) is 6.43. The van der Waals surface area contributed by atoms with Crippen molar-refractivity contribution < 1.29 is 14.6 Å². The number of esters is 1. The molecule has 0 radical (unpaired) electrons. The molecule has 0 aliphatic rings. The molecule has 3 nitrogen and oxygen atoms in total. The van der Waals surface area contributed by atoms with E-state index in [1.807, 2.05) is 13.8 Å². The van der Waals surface area contributed by atoms with Crippen LogP contribution < -0.4 is 0 Å². The molecular formula is C11H20O3. The molecule has 0 saturated heterocycles. The summed E-state index contributed by atoms with van der Waals surface area (Å²) in [6.45, 7) is 9.52. The Balaban J connectivity index is 4.24. The van der Waals surface area contributed by atoms with Gasteiger partial charge in [0.25, 0.3) is 0 Å². The third-order valence-electron chi connectivity index (χ3n) is 2.07. The molecular weight excluding hydrogens is 180 g/mol. The van der Waals surface area contributed by atoms with Gasteiger partial charge in [0.15, 0.2) is 0 Å². The molecule has 0 aromatic carbocycles. The van der Waals surface area contributed by atoms with E-state index in [9.17, 15) is 9.90 Å². The van der Waals surface area contributed by atoms with Gasteiger partial charge in [-0.2, -0.15) is 0 Å². The SMILES string of the molecule is C=C(C)CC(O)(CC)CC(=O)OCC. The lowest BCUT2D eigenvalue weighted by Crippen LogP contribution is -2.32. The molecule has 0 heterocycles. The van der Waals surface area contributed by atoms with Crippen LogP contribution in [0.3, 0.4) is 0 Å². The van der Waals surface area contributed by atoms with Crippen LogP contribution in [-0.2, 0) is 9.53 Å². The molecule has 82 valence electrons. The molecule has 0 aromatic heterocycles. The zero-order chi connectivity index (χ0) is 11.2. The average Bonchev–Trinajstić information content (AvgIpc) is 2.02. The lowest BCUT2D eigenvalue weighted by molar-refractivity contribution is -0.148. The summed E-state index contributed by atoms with van der Waals surface area (Å²) in [5, 5.41) is 10.0. The molecule has 0 rings (SSSR count). The zero-order valence-electron chi connectivity index (χ0n) is 9.30. The first-order valence-corrected chi connectivity index (χ1v) is 4.96. The molecule has 14 heavy (non-hydrogen) atoms. The molecule has 0 saturated carbocycles. The highest BCUT2D eigenvalue weighted by molar-refractivity contribution is 5.70. The molecule has 0 fully saturated rings. The smallest absolute Gasteiger partial charge is 0.308 e. The molecule has 0 aromatic rings. The van der Waals surface area contributed by atoms with Crippen LogP contribution in [0.25, 0.3) is 0 Å². The highest BCUT2D eigenvalue weighted by atomic mass is 16.5. The predicted molar refractivity (Wildman–Crippen MR) is 55.9 cm³/mol. The van der Waals surface area contributed by atoms with E-state index in [4.69, 9.17) is 4.74 Å². The largest absolute Gasteiger partial charge is 0.466 e. The van der Waals surface area contributed by atoms with Crippen molar-refractivity contribution in [3.05, 3.63) is 12.2 Å². The summed E-state index contributed by atoms with van der Waals surface area (Å²) in [4.78, 5) is 11.2. The Morgan fingerprint density at radius 1 is 1.43 bits per heavy atom. The highest BCUT2D eigenvalue weighted by Gasteiger charge is 2.28. The molecule has 0 bridgehead atoms. The van der Waals surface area contributed by atoms with E-state index in [1.54, 1.807) is 6.92 Å². The Kier molecular flexibility index (Phi) is 5.46. The standard InChI is InChI=1S/C11H20O3/c1-5-11(13,7-9(3)4)8-10(12)14-6-2/h13H,3,5-8H2,1-2,4H3. The minimum atomic E-state index is -0.988. The van der Waals surface area contributed by atoms with Crippen molar-refractivity contribution in [1.29, 1.82) is 0 Å². The summed E-state index contributed by atoms with van der Waals surface area (Å²) >= 11 is 0. The van der Waals surface area contributed by atoms with Gasteiger partial charge < -0.3 is 9.84 Å². The second-order valence-electron chi connectivity index (χ2n) is 3.69. The lowest BCUT2D eigenvalue weighted by Gasteiger charge is -2.25. The van der Waals surface area contributed by atoms with E-state index in [0.717, 1.165) is 5.57 Å². The fourth-order valence-electron chi connectivity index (χ4n) is 1.35. The number of hydrogen-bond acceptors (Lipinski definition) is 3. The quantitative estimate of drug-likeness (QED) is 0.527. The summed E-state index contributed by atoms with van der Waals surface area (Å²) in [6.07, 6.45) is 1.02. The number of carbonyl (C=O) groups is 1. The second kappa shape index (κ2) is 5.81. The van der Waals surface area contributed by atoms with Crippen LogP contribution in [0.5, 0.6) is 0 Å². The van der Waals surface area contributed by atoms with Crippen molar-refractivity contribution in [2.24, 2.45) is 0 Å². The van der Waals surface area contributed by atoms with Gasteiger partial charge in [0.1, 0.15) is 0 Å². The van der Waals surface area contributed by atoms with Gasteiger partial charge in [-0.3, -0.25) is 4.79 Å². The maximum absolute atomic E-state index is 11.2. The Bertz CT molecular complexity index is 211. The summed E-state index contributed by atoms with van der Waals surface area (Å²) in [5.41, 5.74) is -0.114. The Labute approximate surface area is 85.8 Å². The summed E-state index contributed by atoms with van der Waals surface area (Å²) in [6, 6.07) is 0. The van der Waals surface area contributed by atoms with Gasteiger partial charge in [-0.1, -0.05) is 12.5 Å². The summed E-state index contributed by atoms with van der Waals surface area (Å²) < 4.78 is 4.79. The van der Waals surface area contributed by atoms with Gasteiger partial charge in [0.2, 0.25) is 0 Å². The van der Waals surface area contributed by atoms with Crippen LogP contribution in [-0.4, -0.2) is 23.3 Å². The van der Waals surface area contributed by atoms with Crippen molar-refractivity contribution >= 4 is 5.97 Å². The Hall–Kier alpha value is -0.830. The molecule has 1 unspecified atom stereocenters. The van der Waals surface area contributed by atoms with Crippen LogP contribution >= 0.6 is 0 Å².